The van der Waals surface area contributed by atoms with Gasteiger partial charge in [-0.05, 0) is 80.2 Å². The molecule has 0 spiro atoms. The van der Waals surface area contributed by atoms with E-state index in [2.05, 4.69) is 108 Å². The Bertz CT molecular complexity index is 2360. The molecule has 42 heavy (non-hydrogen) atoms. The normalized spacial score (nSPS) is 11.3. The minimum atomic E-state index is 0.633. The number of aromatic nitrogens is 2. The molecule has 0 atom stereocenters. The number of fused-ring (bicyclic) bond motifs is 5. The van der Waals surface area contributed by atoms with E-state index in [0.717, 1.165) is 60.7 Å². The van der Waals surface area contributed by atoms with Gasteiger partial charge in [-0.1, -0.05) is 97.1 Å². The average Bonchev–Trinajstić information content (AvgIpc) is 3.07. The fourth-order valence-corrected chi connectivity index (χ4v) is 5.97. The molecule has 0 aliphatic rings. The van der Waals surface area contributed by atoms with Crippen LogP contribution in [-0.4, -0.2) is 9.97 Å². The van der Waals surface area contributed by atoms with Crippen LogP contribution in [0.1, 0.15) is 0 Å². The molecule has 8 rings (SSSR count). The van der Waals surface area contributed by atoms with Crippen LogP contribution < -0.4 is 0 Å². The zero-order valence-electron chi connectivity index (χ0n) is 22.6. The fraction of sp³-hybridized carbons (Fsp3) is 0. The first kappa shape index (κ1) is 24.0. The molecule has 6 aromatic carbocycles. The number of rotatable bonds is 3. The monoisotopic (exact) mass is 533 g/mol. The van der Waals surface area contributed by atoms with E-state index >= 15 is 0 Å². The standard InChI is InChI=1S/C39H23N3/c1-40-32-17-14-25(15-18-32)33-21-28-7-2-3-8-29(28)22-34(33)35-23-30-9-4-5-10-31(30)24-36(35)37-19-16-27-13-12-26-11-6-20-41-38(26)39(27)42-37/h2-24H. The molecular weight excluding hydrogens is 510 g/mol. The van der Waals surface area contributed by atoms with Gasteiger partial charge in [0.05, 0.1) is 23.3 Å². The van der Waals surface area contributed by atoms with Crippen LogP contribution in [0.3, 0.4) is 0 Å². The van der Waals surface area contributed by atoms with Gasteiger partial charge < -0.3 is 0 Å². The molecule has 0 radical (unpaired) electrons. The second kappa shape index (κ2) is 9.66. The maximum Gasteiger partial charge on any atom is 0.187 e. The zero-order chi connectivity index (χ0) is 28.0. The van der Waals surface area contributed by atoms with Crippen molar-refractivity contribution in [2.24, 2.45) is 0 Å². The lowest BCUT2D eigenvalue weighted by Crippen LogP contribution is -1.94. The van der Waals surface area contributed by atoms with E-state index in [1.807, 2.05) is 36.5 Å². The van der Waals surface area contributed by atoms with Crippen LogP contribution in [-0.2, 0) is 0 Å². The zero-order valence-corrected chi connectivity index (χ0v) is 22.6. The Morgan fingerprint density at radius 1 is 0.452 bits per heavy atom. The Kier molecular flexibility index (Phi) is 5.52. The van der Waals surface area contributed by atoms with Gasteiger partial charge in [0.15, 0.2) is 5.69 Å². The van der Waals surface area contributed by atoms with Gasteiger partial charge in [-0.3, -0.25) is 4.98 Å². The van der Waals surface area contributed by atoms with E-state index in [-0.39, 0.29) is 0 Å². The lowest BCUT2D eigenvalue weighted by Gasteiger charge is -2.18. The molecule has 194 valence electrons. The van der Waals surface area contributed by atoms with Gasteiger partial charge in [0.25, 0.3) is 0 Å². The van der Waals surface area contributed by atoms with Crippen LogP contribution in [0.15, 0.2) is 140 Å². The first-order valence-electron chi connectivity index (χ1n) is 13.9. The topological polar surface area (TPSA) is 30.1 Å². The summed E-state index contributed by atoms with van der Waals surface area (Å²) < 4.78 is 0. The summed E-state index contributed by atoms with van der Waals surface area (Å²) in [7, 11) is 0. The van der Waals surface area contributed by atoms with Gasteiger partial charge in [-0.25, -0.2) is 9.83 Å². The van der Waals surface area contributed by atoms with Gasteiger partial charge in [-0.2, -0.15) is 0 Å². The van der Waals surface area contributed by atoms with Crippen molar-refractivity contribution in [3.8, 4) is 33.5 Å². The maximum atomic E-state index is 7.42. The molecule has 8 aromatic rings. The quantitative estimate of drug-likeness (QED) is 0.167. The van der Waals surface area contributed by atoms with Crippen molar-refractivity contribution in [2.45, 2.75) is 0 Å². The molecule has 0 fully saturated rings. The summed E-state index contributed by atoms with van der Waals surface area (Å²) in [6.45, 7) is 7.42. The number of hydrogen-bond acceptors (Lipinski definition) is 2. The lowest BCUT2D eigenvalue weighted by atomic mass is 9.87. The van der Waals surface area contributed by atoms with Crippen molar-refractivity contribution in [3.63, 3.8) is 0 Å². The Labute approximate surface area is 243 Å². The molecule has 2 heterocycles. The summed E-state index contributed by atoms with van der Waals surface area (Å²) >= 11 is 0. The Balaban J connectivity index is 1.45. The highest BCUT2D eigenvalue weighted by Gasteiger charge is 2.17. The summed E-state index contributed by atoms with van der Waals surface area (Å²) in [5.41, 5.74) is 8.85. The highest BCUT2D eigenvalue weighted by atomic mass is 14.8. The van der Waals surface area contributed by atoms with Gasteiger partial charge in [0.1, 0.15) is 0 Å². The molecule has 0 N–H and O–H groups in total. The summed E-state index contributed by atoms with van der Waals surface area (Å²) in [5.74, 6) is 0. The summed E-state index contributed by atoms with van der Waals surface area (Å²) in [5, 5.41) is 6.83. The second-order valence-corrected chi connectivity index (χ2v) is 10.6. The van der Waals surface area contributed by atoms with Crippen LogP contribution in [0.2, 0.25) is 0 Å². The summed E-state index contributed by atoms with van der Waals surface area (Å²) in [4.78, 5) is 13.6. The molecule has 0 aliphatic heterocycles. The SMILES string of the molecule is [C-]#[N+]c1ccc(-c2cc3ccccc3cc2-c2cc3ccccc3cc2-c2ccc3ccc4cccnc4c3n2)cc1. The van der Waals surface area contributed by atoms with Crippen LogP contribution in [0.25, 0.3) is 81.7 Å². The highest BCUT2D eigenvalue weighted by molar-refractivity contribution is 6.06. The second-order valence-electron chi connectivity index (χ2n) is 10.6. The first-order chi connectivity index (χ1) is 20.7. The first-order valence-corrected chi connectivity index (χ1v) is 13.9. The molecule has 0 bridgehead atoms. The van der Waals surface area contributed by atoms with Crippen LogP contribution in [0, 0.1) is 6.57 Å². The van der Waals surface area contributed by atoms with Gasteiger partial charge in [0.2, 0.25) is 0 Å². The molecule has 0 saturated carbocycles. The Hall–Kier alpha value is -5.85. The molecule has 0 saturated heterocycles. The van der Waals surface area contributed by atoms with E-state index in [1.54, 1.807) is 0 Å². The third-order valence-corrected chi connectivity index (χ3v) is 8.08. The van der Waals surface area contributed by atoms with Crippen molar-refractivity contribution in [1.82, 2.24) is 9.97 Å². The van der Waals surface area contributed by atoms with Crippen molar-refractivity contribution in [3.05, 3.63) is 151 Å². The minimum absolute atomic E-state index is 0.633. The van der Waals surface area contributed by atoms with E-state index in [9.17, 15) is 0 Å². The molecular formula is C39H23N3. The maximum absolute atomic E-state index is 7.42. The smallest absolute Gasteiger partial charge is 0.187 e. The average molecular weight is 534 g/mol. The van der Waals surface area contributed by atoms with Crippen molar-refractivity contribution in [2.75, 3.05) is 0 Å². The minimum Gasteiger partial charge on any atom is -0.254 e. The number of hydrogen-bond donors (Lipinski definition) is 0. The van der Waals surface area contributed by atoms with Crippen LogP contribution >= 0.6 is 0 Å². The summed E-state index contributed by atoms with van der Waals surface area (Å²) in [6.07, 6.45) is 1.83. The van der Waals surface area contributed by atoms with Crippen molar-refractivity contribution in [1.29, 1.82) is 0 Å². The number of benzene rings is 6. The van der Waals surface area contributed by atoms with E-state index in [0.29, 0.717) is 5.69 Å². The van der Waals surface area contributed by atoms with Crippen molar-refractivity contribution < 1.29 is 0 Å². The van der Waals surface area contributed by atoms with Crippen LogP contribution in [0.4, 0.5) is 5.69 Å². The van der Waals surface area contributed by atoms with Crippen molar-refractivity contribution >= 4 is 49.0 Å². The predicted molar refractivity (Wildman–Crippen MR) is 175 cm³/mol. The van der Waals surface area contributed by atoms with E-state index in [1.165, 1.54) is 16.2 Å². The summed E-state index contributed by atoms with van der Waals surface area (Å²) in [6, 6.07) is 46.5. The van der Waals surface area contributed by atoms with Crippen LogP contribution in [0.5, 0.6) is 0 Å². The molecule has 0 unspecified atom stereocenters. The van der Waals surface area contributed by atoms with E-state index < -0.39 is 0 Å². The molecule has 0 amide bonds. The molecule has 3 heteroatoms. The Morgan fingerprint density at radius 2 is 0.976 bits per heavy atom. The molecule has 0 aliphatic carbocycles. The Morgan fingerprint density at radius 3 is 1.62 bits per heavy atom. The van der Waals surface area contributed by atoms with E-state index in [4.69, 9.17) is 16.5 Å². The molecule has 2 aromatic heterocycles. The molecule has 3 nitrogen and oxygen atoms in total. The highest BCUT2D eigenvalue weighted by Crippen LogP contribution is 2.42. The number of pyridine rings is 2. The third-order valence-electron chi connectivity index (χ3n) is 8.08. The fourth-order valence-electron chi connectivity index (χ4n) is 5.97. The lowest BCUT2D eigenvalue weighted by molar-refractivity contribution is 1.37. The number of nitrogens with zero attached hydrogens (tertiary/aromatic N) is 3. The van der Waals surface area contributed by atoms with Gasteiger partial charge in [-0.15, -0.1) is 0 Å². The van der Waals surface area contributed by atoms with Gasteiger partial charge >= 0.3 is 0 Å². The third kappa shape index (κ3) is 3.98. The predicted octanol–water partition coefficient (Wildman–Crippen LogP) is 10.6. The van der Waals surface area contributed by atoms with Gasteiger partial charge in [0, 0.05) is 22.5 Å². The largest absolute Gasteiger partial charge is 0.254 e.